The lowest BCUT2D eigenvalue weighted by Crippen LogP contribution is -2.40. The highest BCUT2D eigenvalue weighted by Crippen LogP contribution is 2.39. The third-order valence-corrected chi connectivity index (χ3v) is 9.00. The zero-order valence-electron chi connectivity index (χ0n) is 18.1. The van der Waals surface area contributed by atoms with Gasteiger partial charge in [-0.15, -0.1) is 11.3 Å². The molecule has 2 aliphatic rings. The summed E-state index contributed by atoms with van der Waals surface area (Å²) in [6, 6.07) is 5.89. The van der Waals surface area contributed by atoms with Gasteiger partial charge in [0.05, 0.1) is 23.7 Å². The average Bonchev–Trinajstić information content (AvgIpc) is 3.15. The Labute approximate surface area is 192 Å². The largest absolute Gasteiger partial charge is 0.379 e. The molecule has 2 amide bonds. The summed E-state index contributed by atoms with van der Waals surface area (Å²) < 4.78 is 32.2. The summed E-state index contributed by atoms with van der Waals surface area (Å²) in [6.45, 7) is 3.56. The first-order valence-corrected chi connectivity index (χ1v) is 12.9. The summed E-state index contributed by atoms with van der Waals surface area (Å²) in [5, 5.41) is 6.09. The number of thiophene rings is 1. The number of ether oxygens (including phenoxy) is 1. The maximum absolute atomic E-state index is 12.9. The fraction of sp³-hybridized carbons (Fsp3) is 0.455. The van der Waals surface area contributed by atoms with E-state index in [1.54, 1.807) is 7.05 Å². The molecule has 10 heteroatoms. The number of carbonyl (C=O) groups excluding carboxylic acids is 2. The summed E-state index contributed by atoms with van der Waals surface area (Å²) in [5.74, 6) is -0.0420. The van der Waals surface area contributed by atoms with Crippen LogP contribution in [0.4, 0.5) is 5.00 Å². The zero-order valence-corrected chi connectivity index (χ0v) is 19.8. The normalized spacial score (nSPS) is 19.2. The quantitative estimate of drug-likeness (QED) is 0.689. The van der Waals surface area contributed by atoms with E-state index in [4.69, 9.17) is 4.74 Å². The second-order valence-corrected chi connectivity index (χ2v) is 11.2. The Balaban J connectivity index is 1.55. The van der Waals surface area contributed by atoms with Crippen molar-refractivity contribution in [2.45, 2.75) is 31.1 Å². The molecule has 0 radical (unpaired) electrons. The Morgan fingerprint density at radius 3 is 2.47 bits per heavy atom. The molecule has 0 unspecified atom stereocenters. The zero-order chi connectivity index (χ0) is 22.9. The Morgan fingerprint density at radius 2 is 1.81 bits per heavy atom. The number of morpholine rings is 1. The smallest absolute Gasteiger partial charge is 0.256 e. The molecule has 0 bridgehead atoms. The van der Waals surface area contributed by atoms with Crippen molar-refractivity contribution in [2.75, 3.05) is 38.7 Å². The van der Waals surface area contributed by atoms with E-state index in [0.29, 0.717) is 48.3 Å². The molecule has 172 valence electrons. The number of sulfonamides is 1. The van der Waals surface area contributed by atoms with E-state index in [1.807, 2.05) is 0 Å². The van der Waals surface area contributed by atoms with Gasteiger partial charge >= 0.3 is 0 Å². The van der Waals surface area contributed by atoms with Crippen LogP contribution in [0.25, 0.3) is 0 Å². The van der Waals surface area contributed by atoms with E-state index < -0.39 is 10.0 Å². The Morgan fingerprint density at radius 1 is 1.12 bits per heavy atom. The number of fused-ring (bicyclic) bond motifs is 1. The van der Waals surface area contributed by atoms with Gasteiger partial charge in [-0.1, -0.05) is 6.92 Å². The van der Waals surface area contributed by atoms with Gasteiger partial charge in [0.2, 0.25) is 10.0 Å². The van der Waals surface area contributed by atoms with Crippen LogP contribution in [0.5, 0.6) is 0 Å². The van der Waals surface area contributed by atoms with Crippen LogP contribution in [-0.2, 0) is 27.6 Å². The number of nitrogens with zero attached hydrogens (tertiary/aromatic N) is 1. The van der Waals surface area contributed by atoms with Gasteiger partial charge in [0.25, 0.3) is 11.8 Å². The van der Waals surface area contributed by atoms with Crippen LogP contribution >= 0.6 is 11.3 Å². The number of rotatable bonds is 5. The van der Waals surface area contributed by atoms with Crippen molar-refractivity contribution >= 4 is 38.2 Å². The fourth-order valence-corrected chi connectivity index (χ4v) is 6.90. The van der Waals surface area contributed by atoms with E-state index in [1.165, 1.54) is 39.9 Å². The van der Waals surface area contributed by atoms with Crippen LogP contribution in [0.1, 0.15) is 44.5 Å². The standard InChI is InChI=1S/C22H27N3O5S2/c1-14-3-8-17-18(13-14)31-22(19(17)21(27)23-2)24-20(26)15-4-6-16(7-5-15)32(28,29)25-9-11-30-12-10-25/h4-7,14H,3,8-13H2,1-2H3,(H,23,27)(H,24,26)/t14-/m0/s1. The number of carbonyl (C=O) groups is 2. The molecule has 2 aromatic rings. The predicted molar refractivity (Wildman–Crippen MR) is 123 cm³/mol. The molecule has 1 fully saturated rings. The summed E-state index contributed by atoms with van der Waals surface area (Å²) in [4.78, 5) is 26.7. The van der Waals surface area contributed by atoms with Gasteiger partial charge in [0.15, 0.2) is 0 Å². The van der Waals surface area contributed by atoms with Crippen LogP contribution in [0.2, 0.25) is 0 Å². The molecule has 8 nitrogen and oxygen atoms in total. The first-order valence-electron chi connectivity index (χ1n) is 10.7. The Bertz CT molecular complexity index is 1120. The second kappa shape index (κ2) is 9.30. The van der Waals surface area contributed by atoms with E-state index in [2.05, 4.69) is 17.6 Å². The SMILES string of the molecule is CNC(=O)c1c(NC(=O)c2ccc(S(=O)(=O)N3CCOCC3)cc2)sc2c1CC[C@H](C)C2. The van der Waals surface area contributed by atoms with Crippen LogP contribution in [0.15, 0.2) is 29.2 Å². The minimum absolute atomic E-state index is 0.141. The Kier molecular flexibility index (Phi) is 6.66. The highest BCUT2D eigenvalue weighted by atomic mass is 32.2. The third-order valence-electron chi connectivity index (χ3n) is 5.92. The lowest BCUT2D eigenvalue weighted by atomic mass is 9.88. The molecular weight excluding hydrogens is 450 g/mol. The van der Waals surface area contributed by atoms with Gasteiger partial charge in [-0.3, -0.25) is 9.59 Å². The van der Waals surface area contributed by atoms with Gasteiger partial charge in [-0.25, -0.2) is 8.42 Å². The molecule has 0 saturated carbocycles. The average molecular weight is 478 g/mol. The summed E-state index contributed by atoms with van der Waals surface area (Å²) in [6.07, 6.45) is 2.73. The first kappa shape index (κ1) is 22.9. The van der Waals surface area contributed by atoms with Gasteiger partial charge < -0.3 is 15.4 Å². The van der Waals surface area contributed by atoms with Gasteiger partial charge in [0.1, 0.15) is 5.00 Å². The molecule has 1 aromatic carbocycles. The lowest BCUT2D eigenvalue weighted by Gasteiger charge is -2.26. The maximum atomic E-state index is 12.9. The van der Waals surface area contributed by atoms with Crippen molar-refractivity contribution in [3.8, 4) is 0 Å². The summed E-state index contributed by atoms with van der Waals surface area (Å²) in [5.41, 5.74) is 1.89. The number of benzene rings is 1. The van der Waals surface area contributed by atoms with Crippen molar-refractivity contribution in [1.29, 1.82) is 0 Å². The molecule has 1 aliphatic heterocycles. The Hall–Kier alpha value is -2.27. The molecule has 32 heavy (non-hydrogen) atoms. The van der Waals surface area contributed by atoms with Crippen molar-refractivity contribution < 1.29 is 22.7 Å². The van der Waals surface area contributed by atoms with E-state index in [-0.39, 0.29) is 16.7 Å². The number of hydrogen-bond acceptors (Lipinski definition) is 6. The minimum Gasteiger partial charge on any atom is -0.379 e. The highest BCUT2D eigenvalue weighted by Gasteiger charge is 2.29. The predicted octanol–water partition coefficient (Wildman–Crippen LogP) is 2.51. The molecule has 1 aliphatic carbocycles. The van der Waals surface area contributed by atoms with Crippen molar-refractivity contribution in [2.24, 2.45) is 5.92 Å². The monoisotopic (exact) mass is 477 g/mol. The highest BCUT2D eigenvalue weighted by molar-refractivity contribution is 7.89. The number of hydrogen-bond donors (Lipinski definition) is 2. The number of amides is 2. The number of anilines is 1. The maximum Gasteiger partial charge on any atom is 0.256 e. The fourth-order valence-electron chi connectivity index (χ4n) is 4.09. The molecule has 0 spiro atoms. The van der Waals surface area contributed by atoms with Crippen LogP contribution in [0, 0.1) is 5.92 Å². The summed E-state index contributed by atoms with van der Waals surface area (Å²) >= 11 is 1.45. The molecule has 2 N–H and O–H groups in total. The van der Waals surface area contributed by atoms with Gasteiger partial charge in [-0.05, 0) is 55.0 Å². The lowest BCUT2D eigenvalue weighted by molar-refractivity contribution is 0.0730. The van der Waals surface area contributed by atoms with Crippen LogP contribution in [-0.4, -0.2) is 57.9 Å². The second-order valence-electron chi connectivity index (χ2n) is 8.13. The van der Waals surface area contributed by atoms with Crippen LogP contribution in [0.3, 0.4) is 0 Å². The topological polar surface area (TPSA) is 105 Å². The molecule has 1 atom stereocenters. The van der Waals surface area contributed by atoms with Crippen LogP contribution < -0.4 is 10.6 Å². The molecule has 2 heterocycles. The van der Waals surface area contributed by atoms with Crippen molar-refractivity contribution in [3.63, 3.8) is 0 Å². The number of nitrogens with one attached hydrogen (secondary N) is 2. The van der Waals surface area contributed by atoms with E-state index in [0.717, 1.165) is 29.7 Å². The third kappa shape index (κ3) is 4.45. The van der Waals surface area contributed by atoms with E-state index in [9.17, 15) is 18.0 Å². The van der Waals surface area contributed by atoms with Crippen molar-refractivity contribution in [3.05, 3.63) is 45.8 Å². The molecule has 1 aromatic heterocycles. The summed E-state index contributed by atoms with van der Waals surface area (Å²) in [7, 11) is -2.04. The first-order chi connectivity index (χ1) is 15.3. The minimum atomic E-state index is -3.62. The van der Waals surface area contributed by atoms with Crippen molar-refractivity contribution in [1.82, 2.24) is 9.62 Å². The van der Waals surface area contributed by atoms with E-state index >= 15 is 0 Å². The van der Waals surface area contributed by atoms with Gasteiger partial charge in [-0.2, -0.15) is 4.31 Å². The molecule has 1 saturated heterocycles. The molecular formula is C22H27N3O5S2. The molecule has 4 rings (SSSR count). The van der Waals surface area contributed by atoms with Gasteiger partial charge in [0, 0.05) is 30.6 Å².